The van der Waals surface area contributed by atoms with Crippen molar-refractivity contribution >= 4 is 71.8 Å². The SMILES string of the molecule is CCCCC(CC)CN1CC2=C(c3ccc(Br)s3)N(CC(CC)CCCC)C(=O)C2=C1c1ccc(Br)s1. The number of hydrogen-bond donors (Lipinski definition) is 0. The fraction of sp³-hybridized carbons (Fsp3) is 0.567. The average molecular weight is 669 g/mol. The van der Waals surface area contributed by atoms with Crippen LogP contribution in [0.1, 0.15) is 88.8 Å². The van der Waals surface area contributed by atoms with Crippen LogP contribution >= 0.6 is 54.5 Å². The summed E-state index contributed by atoms with van der Waals surface area (Å²) < 4.78 is 2.22. The maximum absolute atomic E-state index is 14.4. The minimum absolute atomic E-state index is 0.202. The first kappa shape index (κ1) is 29.1. The van der Waals surface area contributed by atoms with Crippen LogP contribution in [0, 0.1) is 11.8 Å². The Bertz CT molecular complexity index is 1150. The lowest BCUT2D eigenvalue weighted by Gasteiger charge is -2.30. The van der Waals surface area contributed by atoms with Crippen LogP contribution in [0.3, 0.4) is 0 Å². The Labute approximate surface area is 248 Å². The zero-order valence-electron chi connectivity index (χ0n) is 22.6. The second-order valence-corrected chi connectivity index (χ2v) is 15.3. The van der Waals surface area contributed by atoms with Gasteiger partial charge in [0.1, 0.15) is 0 Å². The van der Waals surface area contributed by atoms with Gasteiger partial charge >= 0.3 is 0 Å². The number of amides is 1. The number of nitrogens with zero attached hydrogens (tertiary/aromatic N) is 2. The number of unbranched alkanes of at least 4 members (excludes halogenated alkanes) is 2. The summed E-state index contributed by atoms with van der Waals surface area (Å²) in [6.45, 7) is 11.8. The van der Waals surface area contributed by atoms with Gasteiger partial charge in [0, 0.05) is 25.2 Å². The molecule has 2 atom stereocenters. The highest BCUT2D eigenvalue weighted by Crippen LogP contribution is 2.49. The van der Waals surface area contributed by atoms with E-state index in [1.54, 1.807) is 22.7 Å². The molecule has 1 amide bonds. The van der Waals surface area contributed by atoms with Crippen LogP contribution in [-0.2, 0) is 4.79 Å². The molecule has 0 aliphatic carbocycles. The minimum Gasteiger partial charge on any atom is -0.365 e. The van der Waals surface area contributed by atoms with Crippen molar-refractivity contribution in [1.82, 2.24) is 9.80 Å². The lowest BCUT2D eigenvalue weighted by Crippen LogP contribution is -2.33. The normalized spacial score (nSPS) is 17.4. The van der Waals surface area contributed by atoms with Crippen LogP contribution in [-0.4, -0.2) is 35.3 Å². The molecular formula is C30H40Br2N2OS2. The van der Waals surface area contributed by atoms with Gasteiger partial charge in [0.05, 0.1) is 34.3 Å². The third-order valence-corrected chi connectivity index (χ3v) is 11.1. The molecule has 0 radical (unpaired) electrons. The van der Waals surface area contributed by atoms with Gasteiger partial charge < -0.3 is 9.80 Å². The molecular weight excluding hydrogens is 628 g/mol. The summed E-state index contributed by atoms with van der Waals surface area (Å²) in [7, 11) is 0. The van der Waals surface area contributed by atoms with Gasteiger partial charge in [-0.15, -0.1) is 22.7 Å². The minimum atomic E-state index is 0.202. The first-order valence-electron chi connectivity index (χ1n) is 14.0. The number of halogens is 2. The molecule has 0 fully saturated rings. The third-order valence-electron chi connectivity index (χ3n) is 7.84. The van der Waals surface area contributed by atoms with Crippen LogP contribution in [0.4, 0.5) is 0 Å². The molecule has 0 bridgehead atoms. The molecule has 0 N–H and O–H groups in total. The van der Waals surface area contributed by atoms with Crippen LogP contribution < -0.4 is 0 Å². The van der Waals surface area contributed by atoms with Gasteiger partial charge in [0.25, 0.3) is 5.91 Å². The van der Waals surface area contributed by atoms with E-state index >= 15 is 0 Å². The van der Waals surface area contributed by atoms with E-state index in [-0.39, 0.29) is 5.91 Å². The van der Waals surface area contributed by atoms with Crippen molar-refractivity contribution < 1.29 is 4.79 Å². The van der Waals surface area contributed by atoms with E-state index in [1.807, 2.05) is 0 Å². The second kappa shape index (κ2) is 13.5. The molecule has 0 aromatic carbocycles. The van der Waals surface area contributed by atoms with Crippen molar-refractivity contribution in [2.75, 3.05) is 19.6 Å². The van der Waals surface area contributed by atoms with Crippen LogP contribution in [0.2, 0.25) is 0 Å². The summed E-state index contributed by atoms with van der Waals surface area (Å²) in [6.07, 6.45) is 9.62. The fourth-order valence-electron chi connectivity index (χ4n) is 5.65. The predicted octanol–water partition coefficient (Wildman–Crippen LogP) is 10.0. The highest BCUT2D eigenvalue weighted by atomic mass is 79.9. The number of fused-ring (bicyclic) bond motifs is 1. The van der Waals surface area contributed by atoms with Gasteiger partial charge in [-0.3, -0.25) is 4.79 Å². The lowest BCUT2D eigenvalue weighted by atomic mass is 9.98. The first-order chi connectivity index (χ1) is 17.9. The van der Waals surface area contributed by atoms with Crippen molar-refractivity contribution in [1.29, 1.82) is 0 Å². The van der Waals surface area contributed by atoms with Gasteiger partial charge in [-0.1, -0.05) is 66.2 Å². The summed E-state index contributed by atoms with van der Waals surface area (Å²) in [5.74, 6) is 1.37. The Balaban J connectivity index is 1.79. The number of hydrogen-bond acceptors (Lipinski definition) is 4. The molecule has 4 rings (SSSR count). The molecule has 2 aliphatic heterocycles. The smallest absolute Gasteiger partial charge is 0.260 e. The largest absolute Gasteiger partial charge is 0.365 e. The zero-order chi connectivity index (χ0) is 26.5. The van der Waals surface area contributed by atoms with E-state index in [1.165, 1.54) is 60.3 Å². The van der Waals surface area contributed by atoms with E-state index in [0.717, 1.165) is 50.6 Å². The molecule has 4 heterocycles. The molecule has 37 heavy (non-hydrogen) atoms. The molecule has 2 aromatic heterocycles. The Hall–Kier alpha value is -0.890. The molecule has 0 saturated carbocycles. The van der Waals surface area contributed by atoms with Crippen molar-refractivity contribution in [2.24, 2.45) is 11.8 Å². The summed E-state index contributed by atoms with van der Waals surface area (Å²) in [5.41, 5.74) is 4.49. The molecule has 3 nitrogen and oxygen atoms in total. The van der Waals surface area contributed by atoms with E-state index < -0.39 is 0 Å². The number of rotatable bonds is 14. The van der Waals surface area contributed by atoms with Crippen molar-refractivity contribution in [2.45, 2.75) is 79.1 Å². The fourth-order valence-corrected chi connectivity index (χ4v) is 8.58. The van der Waals surface area contributed by atoms with E-state index in [9.17, 15) is 4.79 Å². The van der Waals surface area contributed by atoms with Gasteiger partial charge in [-0.25, -0.2) is 0 Å². The second-order valence-electron chi connectivity index (χ2n) is 10.4. The molecule has 0 saturated heterocycles. The summed E-state index contributed by atoms with van der Waals surface area (Å²) >= 11 is 10.8. The van der Waals surface area contributed by atoms with Gasteiger partial charge in [-0.05, 0) is 80.8 Å². The first-order valence-corrected chi connectivity index (χ1v) is 17.2. The third kappa shape index (κ3) is 6.47. The van der Waals surface area contributed by atoms with E-state index in [2.05, 4.69) is 93.6 Å². The molecule has 2 aliphatic rings. The van der Waals surface area contributed by atoms with Gasteiger partial charge in [0.15, 0.2) is 0 Å². The Kier molecular flexibility index (Phi) is 10.6. The highest BCUT2D eigenvalue weighted by Gasteiger charge is 2.45. The predicted molar refractivity (Wildman–Crippen MR) is 168 cm³/mol. The molecule has 202 valence electrons. The number of carbonyl (C=O) groups is 1. The van der Waals surface area contributed by atoms with Crippen molar-refractivity contribution in [3.05, 3.63) is 52.7 Å². The van der Waals surface area contributed by atoms with Crippen molar-refractivity contribution in [3.8, 4) is 0 Å². The van der Waals surface area contributed by atoms with Crippen LogP contribution in [0.25, 0.3) is 11.4 Å². The summed E-state index contributed by atoms with van der Waals surface area (Å²) in [6, 6.07) is 8.61. The number of thiophene rings is 2. The Morgan fingerprint density at radius 1 is 0.811 bits per heavy atom. The summed E-state index contributed by atoms with van der Waals surface area (Å²) in [5, 5.41) is 0. The summed E-state index contributed by atoms with van der Waals surface area (Å²) in [4.78, 5) is 21.4. The average Bonchev–Trinajstić information content (AvgIpc) is 3.65. The van der Waals surface area contributed by atoms with Crippen molar-refractivity contribution in [3.63, 3.8) is 0 Å². The standard InChI is InChI=1S/C30H40Br2N2OS2/c1-5-9-11-20(7-3)17-33-19-22-27(29(33)24-14-16-26(32)37-24)30(35)34(18-21(8-4)12-10-6-2)28(22)23-13-15-25(31)36-23/h13-16,20-21H,5-12,17-19H2,1-4H3. The maximum atomic E-state index is 14.4. The monoisotopic (exact) mass is 666 g/mol. The van der Waals surface area contributed by atoms with Gasteiger partial charge in [0.2, 0.25) is 0 Å². The van der Waals surface area contributed by atoms with Gasteiger partial charge in [-0.2, -0.15) is 0 Å². The van der Waals surface area contributed by atoms with Crippen LogP contribution in [0.5, 0.6) is 0 Å². The van der Waals surface area contributed by atoms with Crippen LogP contribution in [0.15, 0.2) is 43.0 Å². The molecule has 2 unspecified atom stereocenters. The maximum Gasteiger partial charge on any atom is 0.260 e. The molecule has 2 aromatic rings. The molecule has 0 spiro atoms. The van der Waals surface area contributed by atoms with E-state index in [4.69, 9.17) is 0 Å². The number of carbonyl (C=O) groups excluding carboxylic acids is 1. The van der Waals surface area contributed by atoms with E-state index in [0.29, 0.717) is 11.8 Å². The lowest BCUT2D eigenvalue weighted by molar-refractivity contribution is -0.123. The Morgan fingerprint density at radius 2 is 1.35 bits per heavy atom. The zero-order valence-corrected chi connectivity index (χ0v) is 27.4. The Morgan fingerprint density at radius 3 is 1.84 bits per heavy atom. The quantitative estimate of drug-likeness (QED) is 0.200. The topological polar surface area (TPSA) is 23.6 Å². The molecule has 7 heteroatoms. The highest BCUT2D eigenvalue weighted by molar-refractivity contribution is 9.11.